The second kappa shape index (κ2) is 4.63. The highest BCUT2D eigenvalue weighted by Crippen LogP contribution is 2.21. The average Bonchev–Trinajstić information content (AvgIpc) is 2.75. The van der Waals surface area contributed by atoms with Gasteiger partial charge in [0.2, 0.25) is 5.91 Å². The summed E-state index contributed by atoms with van der Waals surface area (Å²) < 4.78 is 4.78. The molecule has 2 aliphatic rings. The van der Waals surface area contributed by atoms with Crippen LogP contribution in [0.5, 0.6) is 0 Å². The van der Waals surface area contributed by atoms with Gasteiger partial charge in [-0.05, 0) is 12.8 Å². The number of amides is 1. The van der Waals surface area contributed by atoms with Crippen molar-refractivity contribution in [3.05, 3.63) is 0 Å². The first-order chi connectivity index (χ1) is 7.70. The van der Waals surface area contributed by atoms with E-state index in [0.717, 1.165) is 19.1 Å². The minimum Gasteiger partial charge on any atom is -0.465 e. The van der Waals surface area contributed by atoms with Crippen LogP contribution in [0.1, 0.15) is 19.3 Å². The summed E-state index contributed by atoms with van der Waals surface area (Å²) in [5.41, 5.74) is 0. The topological polar surface area (TPSA) is 63.7 Å². The number of ether oxygens (including phenoxy) is 1. The van der Waals surface area contributed by atoms with Crippen molar-refractivity contribution < 1.29 is 19.1 Å². The Kier molecular flexibility index (Phi) is 3.22. The van der Waals surface area contributed by atoms with Gasteiger partial charge in [-0.1, -0.05) is 0 Å². The van der Waals surface area contributed by atoms with Crippen LogP contribution in [-0.4, -0.2) is 42.8 Å². The van der Waals surface area contributed by atoms with E-state index in [1.54, 1.807) is 4.90 Å². The number of likely N-dealkylation sites (tertiary alicyclic amines) is 1. The Morgan fingerprint density at radius 2 is 2.06 bits per heavy atom. The van der Waals surface area contributed by atoms with E-state index in [9.17, 15) is 14.4 Å². The highest BCUT2D eigenvalue weighted by Gasteiger charge is 2.34. The number of aldehydes is 1. The van der Waals surface area contributed by atoms with E-state index in [4.69, 9.17) is 4.74 Å². The maximum absolute atomic E-state index is 11.9. The third kappa shape index (κ3) is 2.23. The van der Waals surface area contributed by atoms with Gasteiger partial charge in [-0.25, -0.2) is 0 Å². The highest BCUT2D eigenvalue weighted by molar-refractivity contribution is 5.86. The van der Waals surface area contributed by atoms with Gasteiger partial charge in [0.1, 0.15) is 12.9 Å². The Morgan fingerprint density at radius 3 is 2.56 bits per heavy atom. The van der Waals surface area contributed by atoms with E-state index in [1.807, 2.05) is 0 Å². The fourth-order valence-electron chi connectivity index (χ4n) is 2.19. The zero-order valence-electron chi connectivity index (χ0n) is 9.05. The molecule has 2 aliphatic heterocycles. The Morgan fingerprint density at radius 1 is 1.38 bits per heavy atom. The predicted molar refractivity (Wildman–Crippen MR) is 54.4 cm³/mol. The van der Waals surface area contributed by atoms with E-state index < -0.39 is 0 Å². The molecular weight excluding hydrogens is 210 g/mol. The minimum atomic E-state index is -0.305. The molecule has 0 N–H and O–H groups in total. The Hall–Kier alpha value is -1.39. The molecule has 0 aromatic rings. The Labute approximate surface area is 93.7 Å². The van der Waals surface area contributed by atoms with Crippen molar-refractivity contribution in [1.82, 2.24) is 4.90 Å². The quantitative estimate of drug-likeness (QED) is 0.489. The van der Waals surface area contributed by atoms with Crippen molar-refractivity contribution in [3.8, 4) is 0 Å². The second-order valence-corrected chi connectivity index (χ2v) is 4.38. The van der Waals surface area contributed by atoms with Crippen LogP contribution in [0.2, 0.25) is 0 Å². The third-order valence-corrected chi connectivity index (χ3v) is 3.25. The molecule has 5 heteroatoms. The van der Waals surface area contributed by atoms with Crippen LogP contribution >= 0.6 is 0 Å². The third-order valence-electron chi connectivity index (χ3n) is 3.25. The van der Waals surface area contributed by atoms with Crippen LogP contribution in [0.15, 0.2) is 0 Å². The summed E-state index contributed by atoms with van der Waals surface area (Å²) in [6.07, 6.45) is 2.63. The molecular formula is C11H15NO4. The van der Waals surface area contributed by atoms with Crippen molar-refractivity contribution in [3.63, 3.8) is 0 Å². The first kappa shape index (κ1) is 11.1. The van der Waals surface area contributed by atoms with Crippen LogP contribution in [0.25, 0.3) is 0 Å². The standard InChI is InChI=1S/C11H15NO4/c13-6-8-1-3-12(4-2-8)11(15)9-5-10(14)16-7-9/h6,8-9H,1-5,7H2. The van der Waals surface area contributed by atoms with Crippen molar-refractivity contribution >= 4 is 18.2 Å². The predicted octanol–water partition coefficient (Wildman–Crippen LogP) is -0.0130. The summed E-state index contributed by atoms with van der Waals surface area (Å²) in [4.78, 5) is 35.2. The lowest BCUT2D eigenvalue weighted by molar-refractivity contribution is -0.138. The summed E-state index contributed by atoms with van der Waals surface area (Å²) in [5.74, 6) is -0.512. The van der Waals surface area contributed by atoms with Crippen LogP contribution in [-0.2, 0) is 19.1 Å². The molecule has 16 heavy (non-hydrogen) atoms. The summed E-state index contributed by atoms with van der Waals surface area (Å²) in [5, 5.41) is 0. The van der Waals surface area contributed by atoms with Gasteiger partial charge in [0, 0.05) is 19.0 Å². The van der Waals surface area contributed by atoms with E-state index in [1.165, 1.54) is 0 Å². The molecule has 0 radical (unpaired) electrons. The molecule has 0 aromatic carbocycles. The number of hydrogen-bond donors (Lipinski definition) is 0. The van der Waals surface area contributed by atoms with Gasteiger partial charge < -0.3 is 14.4 Å². The minimum absolute atomic E-state index is 0.00445. The number of esters is 1. The molecule has 1 amide bonds. The molecule has 5 nitrogen and oxygen atoms in total. The molecule has 0 bridgehead atoms. The van der Waals surface area contributed by atoms with E-state index >= 15 is 0 Å². The lowest BCUT2D eigenvalue weighted by Crippen LogP contribution is -2.42. The van der Waals surface area contributed by atoms with Crippen LogP contribution in [0, 0.1) is 11.8 Å². The average molecular weight is 225 g/mol. The number of hydrogen-bond acceptors (Lipinski definition) is 4. The van der Waals surface area contributed by atoms with Gasteiger partial charge in [0.25, 0.3) is 0 Å². The molecule has 0 spiro atoms. The van der Waals surface area contributed by atoms with E-state index in [-0.39, 0.29) is 36.7 Å². The maximum atomic E-state index is 11.9. The largest absolute Gasteiger partial charge is 0.465 e. The molecule has 0 saturated carbocycles. The summed E-state index contributed by atoms with van der Waals surface area (Å²) in [6, 6.07) is 0. The van der Waals surface area contributed by atoms with Gasteiger partial charge in [0.15, 0.2) is 0 Å². The van der Waals surface area contributed by atoms with Crippen LogP contribution < -0.4 is 0 Å². The van der Waals surface area contributed by atoms with Crippen molar-refractivity contribution in [1.29, 1.82) is 0 Å². The van der Waals surface area contributed by atoms with Gasteiger partial charge in [-0.3, -0.25) is 9.59 Å². The molecule has 2 heterocycles. The summed E-state index contributed by atoms with van der Waals surface area (Å²) in [7, 11) is 0. The summed E-state index contributed by atoms with van der Waals surface area (Å²) in [6.45, 7) is 1.45. The molecule has 2 saturated heterocycles. The normalized spacial score (nSPS) is 26.6. The van der Waals surface area contributed by atoms with Crippen molar-refractivity contribution in [2.75, 3.05) is 19.7 Å². The maximum Gasteiger partial charge on any atom is 0.306 e. The molecule has 0 aromatic heterocycles. The smallest absolute Gasteiger partial charge is 0.306 e. The molecule has 1 atom stereocenters. The number of cyclic esters (lactones) is 1. The van der Waals surface area contributed by atoms with E-state index in [0.29, 0.717) is 13.1 Å². The highest BCUT2D eigenvalue weighted by atomic mass is 16.5. The second-order valence-electron chi connectivity index (χ2n) is 4.38. The van der Waals surface area contributed by atoms with Gasteiger partial charge in [0.05, 0.1) is 12.3 Å². The number of carbonyl (C=O) groups is 3. The Balaban J connectivity index is 1.86. The van der Waals surface area contributed by atoms with Crippen molar-refractivity contribution in [2.45, 2.75) is 19.3 Å². The Bertz CT molecular complexity index is 307. The SMILES string of the molecule is O=CC1CCN(C(=O)C2COC(=O)C2)CC1. The number of piperidine rings is 1. The zero-order valence-corrected chi connectivity index (χ0v) is 9.05. The molecule has 88 valence electrons. The molecule has 1 unspecified atom stereocenters. The number of rotatable bonds is 2. The first-order valence-electron chi connectivity index (χ1n) is 5.60. The molecule has 2 fully saturated rings. The number of carbonyl (C=O) groups excluding carboxylic acids is 3. The lowest BCUT2D eigenvalue weighted by Gasteiger charge is -2.31. The van der Waals surface area contributed by atoms with Gasteiger partial charge in [-0.2, -0.15) is 0 Å². The fraction of sp³-hybridized carbons (Fsp3) is 0.727. The van der Waals surface area contributed by atoms with Crippen molar-refractivity contribution in [2.24, 2.45) is 11.8 Å². The fourth-order valence-corrected chi connectivity index (χ4v) is 2.19. The lowest BCUT2D eigenvalue weighted by atomic mass is 9.97. The van der Waals surface area contributed by atoms with Crippen LogP contribution in [0.4, 0.5) is 0 Å². The van der Waals surface area contributed by atoms with Crippen LogP contribution in [0.3, 0.4) is 0 Å². The zero-order chi connectivity index (χ0) is 11.5. The van der Waals surface area contributed by atoms with Gasteiger partial charge in [-0.15, -0.1) is 0 Å². The van der Waals surface area contributed by atoms with Gasteiger partial charge >= 0.3 is 5.97 Å². The molecule has 2 rings (SSSR count). The summed E-state index contributed by atoms with van der Waals surface area (Å²) >= 11 is 0. The molecule has 0 aliphatic carbocycles. The van der Waals surface area contributed by atoms with E-state index in [2.05, 4.69) is 0 Å². The number of nitrogens with zero attached hydrogens (tertiary/aromatic N) is 1. The monoisotopic (exact) mass is 225 g/mol. The first-order valence-corrected chi connectivity index (χ1v) is 5.60.